The molecule has 0 unspecified atom stereocenters. The maximum Gasteiger partial charge on any atom is 0.328 e. The summed E-state index contributed by atoms with van der Waals surface area (Å²) >= 11 is 5.15. The van der Waals surface area contributed by atoms with Gasteiger partial charge in [-0.15, -0.1) is 0 Å². The number of hydrogen-bond acceptors (Lipinski definition) is 4. The number of methoxy groups -OCH3 is 1. The largest absolute Gasteiger partial charge is 0.467 e. The molecule has 0 aromatic heterocycles. The molecule has 0 radical (unpaired) electrons. The third-order valence-electron chi connectivity index (χ3n) is 4.36. The predicted octanol–water partition coefficient (Wildman–Crippen LogP) is 4.58. The number of benzene rings is 2. The molecular weight excluding hydrogens is 426 g/mol. The van der Waals surface area contributed by atoms with Crippen LogP contribution >= 0.6 is 27.7 Å². The van der Waals surface area contributed by atoms with Crippen LogP contribution in [0.2, 0.25) is 0 Å². The van der Waals surface area contributed by atoms with E-state index < -0.39 is 12.0 Å². The first-order chi connectivity index (χ1) is 13.0. The van der Waals surface area contributed by atoms with E-state index in [1.807, 2.05) is 49.6 Å². The van der Waals surface area contributed by atoms with Gasteiger partial charge in [-0.2, -0.15) is 11.8 Å². The Morgan fingerprint density at radius 1 is 1.19 bits per heavy atom. The van der Waals surface area contributed by atoms with Crippen molar-refractivity contribution in [2.75, 3.05) is 19.1 Å². The average molecular weight is 450 g/mol. The molecule has 0 saturated carbocycles. The Balaban J connectivity index is 2.44. The Morgan fingerprint density at radius 3 is 2.56 bits per heavy atom. The number of esters is 1. The van der Waals surface area contributed by atoms with Crippen molar-refractivity contribution in [3.63, 3.8) is 0 Å². The van der Waals surface area contributed by atoms with Crippen molar-refractivity contribution in [1.82, 2.24) is 5.32 Å². The third-order valence-corrected chi connectivity index (χ3v) is 5.60. The molecule has 1 atom stereocenters. The molecule has 1 amide bonds. The predicted molar refractivity (Wildman–Crippen MR) is 116 cm³/mol. The fourth-order valence-corrected chi connectivity index (χ4v) is 3.87. The van der Waals surface area contributed by atoms with Gasteiger partial charge in [0.05, 0.1) is 7.11 Å². The van der Waals surface area contributed by atoms with E-state index in [4.69, 9.17) is 4.74 Å². The number of ether oxygens (including phenoxy) is 1. The Bertz CT molecular complexity index is 810. The van der Waals surface area contributed by atoms with Gasteiger partial charge in [0, 0.05) is 10.9 Å². The van der Waals surface area contributed by atoms with E-state index in [9.17, 15) is 9.59 Å². The van der Waals surface area contributed by atoms with E-state index in [2.05, 4.69) is 21.2 Å². The molecule has 0 spiro atoms. The molecule has 0 saturated heterocycles. The molecule has 0 fully saturated rings. The molecule has 144 valence electrons. The SMILES string of the molecule is COC(=O)[C@H](CCSC)NC(=O)c1cccc(CBr)c1-c1ccccc1C. The van der Waals surface area contributed by atoms with E-state index in [-0.39, 0.29) is 5.91 Å². The van der Waals surface area contributed by atoms with E-state index >= 15 is 0 Å². The molecule has 4 nitrogen and oxygen atoms in total. The third kappa shape index (κ3) is 5.36. The Hall–Kier alpha value is -1.79. The Morgan fingerprint density at radius 2 is 1.93 bits per heavy atom. The molecule has 27 heavy (non-hydrogen) atoms. The first-order valence-electron chi connectivity index (χ1n) is 8.65. The number of nitrogens with one attached hydrogen (secondary N) is 1. The summed E-state index contributed by atoms with van der Waals surface area (Å²) < 4.78 is 4.85. The molecule has 2 aromatic rings. The number of thioether (sulfide) groups is 1. The van der Waals surface area contributed by atoms with Gasteiger partial charge in [0.15, 0.2) is 0 Å². The van der Waals surface area contributed by atoms with Crippen LogP contribution in [0.4, 0.5) is 0 Å². The fourth-order valence-electron chi connectivity index (χ4n) is 2.94. The van der Waals surface area contributed by atoms with Crippen LogP contribution in [0.25, 0.3) is 11.1 Å². The number of aryl methyl sites for hydroxylation is 1. The van der Waals surface area contributed by atoms with Crippen LogP contribution in [0, 0.1) is 6.92 Å². The summed E-state index contributed by atoms with van der Waals surface area (Å²) in [7, 11) is 1.34. The highest BCUT2D eigenvalue weighted by Gasteiger charge is 2.24. The molecule has 0 aliphatic carbocycles. The smallest absolute Gasteiger partial charge is 0.328 e. The van der Waals surface area contributed by atoms with E-state index in [0.717, 1.165) is 28.0 Å². The molecule has 1 N–H and O–H groups in total. The number of alkyl halides is 1. The molecule has 0 aliphatic heterocycles. The second-order valence-electron chi connectivity index (χ2n) is 6.12. The number of carbonyl (C=O) groups excluding carboxylic acids is 2. The zero-order valence-electron chi connectivity index (χ0n) is 15.8. The Labute approximate surface area is 173 Å². The lowest BCUT2D eigenvalue weighted by atomic mass is 9.91. The van der Waals surface area contributed by atoms with Crippen LogP contribution in [0.3, 0.4) is 0 Å². The number of halogens is 1. The molecule has 2 rings (SSSR count). The van der Waals surface area contributed by atoms with Crippen molar-refractivity contribution in [2.24, 2.45) is 0 Å². The normalized spacial score (nSPS) is 11.7. The summed E-state index contributed by atoms with van der Waals surface area (Å²) in [6.45, 7) is 2.03. The lowest BCUT2D eigenvalue weighted by Gasteiger charge is -2.19. The second kappa shape index (κ2) is 10.5. The minimum absolute atomic E-state index is 0.271. The monoisotopic (exact) mass is 449 g/mol. The molecule has 0 heterocycles. The van der Waals surface area contributed by atoms with Crippen LogP contribution < -0.4 is 5.32 Å². The molecule has 2 aromatic carbocycles. The van der Waals surface area contributed by atoms with Crippen molar-refractivity contribution in [1.29, 1.82) is 0 Å². The number of hydrogen-bond donors (Lipinski definition) is 1. The first-order valence-corrected chi connectivity index (χ1v) is 11.2. The Kier molecular flexibility index (Phi) is 8.38. The topological polar surface area (TPSA) is 55.4 Å². The van der Waals surface area contributed by atoms with Crippen LogP contribution in [-0.2, 0) is 14.9 Å². The lowest BCUT2D eigenvalue weighted by Crippen LogP contribution is -2.42. The van der Waals surface area contributed by atoms with Crippen molar-refractivity contribution in [3.8, 4) is 11.1 Å². The highest BCUT2D eigenvalue weighted by atomic mass is 79.9. The van der Waals surface area contributed by atoms with Gasteiger partial charge in [-0.3, -0.25) is 4.79 Å². The van der Waals surface area contributed by atoms with Crippen LogP contribution in [-0.4, -0.2) is 37.0 Å². The van der Waals surface area contributed by atoms with Crippen molar-refractivity contribution >= 4 is 39.6 Å². The first kappa shape index (κ1) is 21.5. The van der Waals surface area contributed by atoms with Gasteiger partial charge in [-0.05, 0) is 53.7 Å². The van der Waals surface area contributed by atoms with Crippen LogP contribution in [0.15, 0.2) is 42.5 Å². The molecule has 0 aliphatic rings. The summed E-state index contributed by atoms with van der Waals surface area (Å²) in [5.41, 5.74) is 4.57. The van der Waals surface area contributed by atoms with Crippen LogP contribution in [0.5, 0.6) is 0 Å². The standard InChI is InChI=1S/C21H24BrNO3S/c1-14-7-4-5-9-16(14)19-15(13-22)8-6-10-17(19)20(24)23-18(11-12-27-3)21(25)26-2/h4-10,18H,11-13H2,1-3H3,(H,23,24)/t18-/m0/s1. The van der Waals surface area contributed by atoms with E-state index in [1.165, 1.54) is 7.11 Å². The van der Waals surface area contributed by atoms with Gasteiger partial charge in [0.1, 0.15) is 6.04 Å². The number of rotatable bonds is 8. The quantitative estimate of drug-likeness (QED) is 0.473. The maximum atomic E-state index is 13.1. The number of amides is 1. The van der Waals surface area contributed by atoms with E-state index in [0.29, 0.717) is 17.3 Å². The zero-order chi connectivity index (χ0) is 19.8. The van der Waals surface area contributed by atoms with Gasteiger partial charge < -0.3 is 10.1 Å². The summed E-state index contributed by atoms with van der Waals surface area (Å²) in [6, 6.07) is 13.0. The lowest BCUT2D eigenvalue weighted by molar-refractivity contribution is -0.142. The fraction of sp³-hybridized carbons (Fsp3) is 0.333. The van der Waals surface area contributed by atoms with Crippen molar-refractivity contribution in [2.45, 2.75) is 24.7 Å². The summed E-state index contributed by atoms with van der Waals surface area (Å²) in [6.07, 6.45) is 2.49. The van der Waals surface area contributed by atoms with Gasteiger partial charge in [0.25, 0.3) is 5.91 Å². The van der Waals surface area contributed by atoms with Gasteiger partial charge >= 0.3 is 5.97 Å². The van der Waals surface area contributed by atoms with Gasteiger partial charge in [-0.1, -0.05) is 52.3 Å². The summed E-state index contributed by atoms with van der Waals surface area (Å²) in [5.74, 6) is 0.0608. The molecular formula is C21H24BrNO3S. The summed E-state index contributed by atoms with van der Waals surface area (Å²) in [5, 5.41) is 3.49. The van der Waals surface area contributed by atoms with Gasteiger partial charge in [-0.25, -0.2) is 4.79 Å². The van der Waals surface area contributed by atoms with Crippen molar-refractivity contribution < 1.29 is 14.3 Å². The minimum Gasteiger partial charge on any atom is -0.467 e. The van der Waals surface area contributed by atoms with Crippen LogP contribution in [0.1, 0.15) is 27.9 Å². The average Bonchev–Trinajstić information content (AvgIpc) is 2.70. The second-order valence-corrected chi connectivity index (χ2v) is 7.67. The number of carbonyl (C=O) groups is 2. The molecule has 0 bridgehead atoms. The van der Waals surface area contributed by atoms with Gasteiger partial charge in [0.2, 0.25) is 0 Å². The zero-order valence-corrected chi connectivity index (χ0v) is 18.2. The highest BCUT2D eigenvalue weighted by Crippen LogP contribution is 2.32. The van der Waals surface area contributed by atoms with E-state index in [1.54, 1.807) is 17.8 Å². The summed E-state index contributed by atoms with van der Waals surface area (Å²) in [4.78, 5) is 25.1. The molecule has 6 heteroatoms. The maximum absolute atomic E-state index is 13.1. The highest BCUT2D eigenvalue weighted by molar-refractivity contribution is 9.08. The van der Waals surface area contributed by atoms with Crippen molar-refractivity contribution in [3.05, 3.63) is 59.2 Å². The minimum atomic E-state index is -0.660.